The van der Waals surface area contributed by atoms with Crippen LogP contribution in [0.5, 0.6) is 5.75 Å². The third-order valence-corrected chi connectivity index (χ3v) is 5.46. The van der Waals surface area contributed by atoms with Gasteiger partial charge in [0.15, 0.2) is 0 Å². The van der Waals surface area contributed by atoms with E-state index in [1.54, 1.807) is 5.57 Å². The van der Waals surface area contributed by atoms with Crippen LogP contribution in [0.4, 0.5) is 0 Å². The van der Waals surface area contributed by atoms with Gasteiger partial charge in [0.1, 0.15) is 11.9 Å². The molecule has 2 saturated carbocycles. The first-order valence-corrected chi connectivity index (χ1v) is 7.20. The van der Waals surface area contributed by atoms with Crippen LogP contribution < -0.4 is 4.74 Å². The Morgan fingerprint density at radius 1 is 1.28 bits per heavy atom. The largest absolute Gasteiger partial charge is 0.490 e. The molecule has 2 aliphatic carbocycles. The van der Waals surface area contributed by atoms with Crippen LogP contribution in [0.15, 0.2) is 35.9 Å². The molecule has 2 fully saturated rings. The highest BCUT2D eigenvalue weighted by Gasteiger charge is 2.55. The monoisotopic (exact) mass is 240 g/mol. The maximum atomic E-state index is 6.33. The Morgan fingerprint density at radius 3 is 2.94 bits per heavy atom. The fourth-order valence-corrected chi connectivity index (χ4v) is 4.67. The summed E-state index contributed by atoms with van der Waals surface area (Å²) in [5.74, 6) is 4.05. The first-order valence-electron chi connectivity index (χ1n) is 7.20. The Labute approximate surface area is 109 Å². The van der Waals surface area contributed by atoms with E-state index in [1.807, 2.05) is 0 Å². The van der Waals surface area contributed by atoms with E-state index in [9.17, 15) is 0 Å². The van der Waals surface area contributed by atoms with Crippen LogP contribution in [0.1, 0.15) is 38.2 Å². The third kappa shape index (κ3) is 1.23. The van der Waals surface area contributed by atoms with Crippen molar-refractivity contribution in [2.75, 3.05) is 0 Å². The van der Waals surface area contributed by atoms with Gasteiger partial charge in [0, 0.05) is 11.8 Å². The van der Waals surface area contributed by atoms with Gasteiger partial charge < -0.3 is 4.74 Å². The quantitative estimate of drug-likeness (QED) is 0.619. The molecular weight excluding hydrogens is 220 g/mol. The number of para-hydroxylation sites is 1. The smallest absolute Gasteiger partial charge is 0.123 e. The molecule has 0 spiro atoms. The molecule has 1 aromatic rings. The molecule has 1 nitrogen and oxygen atoms in total. The zero-order valence-corrected chi connectivity index (χ0v) is 11.1. The molecule has 0 amide bonds. The summed E-state index contributed by atoms with van der Waals surface area (Å²) >= 11 is 0. The highest BCUT2D eigenvalue weighted by atomic mass is 16.5. The Balaban J connectivity index is 1.78. The van der Waals surface area contributed by atoms with E-state index in [2.05, 4.69) is 44.2 Å². The van der Waals surface area contributed by atoms with E-state index in [-0.39, 0.29) is 0 Å². The molecule has 4 rings (SSSR count). The van der Waals surface area contributed by atoms with Gasteiger partial charge in [-0.05, 0) is 43.2 Å². The molecule has 1 aromatic carbocycles. The fraction of sp³-hybridized carbons (Fsp3) is 0.529. The SMILES string of the molecule is CC=C1CC2CC1C1C(C)c3ccccc3OC21. The minimum atomic E-state index is 0.476. The molecule has 0 saturated heterocycles. The van der Waals surface area contributed by atoms with Crippen LogP contribution in [0.3, 0.4) is 0 Å². The number of fused-ring (bicyclic) bond motifs is 6. The first kappa shape index (κ1) is 10.7. The molecule has 1 heteroatoms. The summed E-state index contributed by atoms with van der Waals surface area (Å²) in [4.78, 5) is 0. The lowest BCUT2D eigenvalue weighted by Crippen LogP contribution is -2.40. The number of rotatable bonds is 0. The Hall–Kier alpha value is -1.24. The van der Waals surface area contributed by atoms with E-state index >= 15 is 0 Å². The predicted octanol–water partition coefficient (Wildman–Crippen LogP) is 4.15. The molecule has 2 bridgehead atoms. The Morgan fingerprint density at radius 2 is 2.11 bits per heavy atom. The normalized spacial score (nSPS) is 42.6. The average molecular weight is 240 g/mol. The maximum absolute atomic E-state index is 6.33. The topological polar surface area (TPSA) is 9.23 Å². The van der Waals surface area contributed by atoms with Gasteiger partial charge in [0.25, 0.3) is 0 Å². The van der Waals surface area contributed by atoms with E-state index < -0.39 is 0 Å². The highest BCUT2D eigenvalue weighted by Crippen LogP contribution is 2.59. The molecule has 0 radical (unpaired) electrons. The molecular formula is C17H20O. The fourth-order valence-electron chi connectivity index (χ4n) is 4.67. The lowest BCUT2D eigenvalue weighted by atomic mass is 9.72. The van der Waals surface area contributed by atoms with Crippen LogP contribution in [0, 0.1) is 17.8 Å². The zero-order chi connectivity index (χ0) is 12.3. The molecule has 1 aliphatic heterocycles. The second-order valence-corrected chi connectivity index (χ2v) is 6.16. The van der Waals surface area contributed by atoms with Crippen molar-refractivity contribution in [2.24, 2.45) is 17.8 Å². The van der Waals surface area contributed by atoms with Gasteiger partial charge in [-0.2, -0.15) is 0 Å². The van der Waals surface area contributed by atoms with E-state index in [1.165, 1.54) is 18.4 Å². The van der Waals surface area contributed by atoms with Crippen molar-refractivity contribution in [3.8, 4) is 5.75 Å². The van der Waals surface area contributed by atoms with E-state index in [0.29, 0.717) is 17.9 Å². The number of hydrogen-bond acceptors (Lipinski definition) is 1. The van der Waals surface area contributed by atoms with E-state index in [4.69, 9.17) is 4.74 Å². The van der Waals surface area contributed by atoms with Gasteiger partial charge >= 0.3 is 0 Å². The summed E-state index contributed by atoms with van der Waals surface area (Å²) in [7, 11) is 0. The van der Waals surface area contributed by atoms with Gasteiger partial charge in [-0.1, -0.05) is 36.8 Å². The standard InChI is InChI=1S/C17H20O/c1-3-11-8-12-9-14(11)16-10(2)13-6-4-5-7-15(13)18-17(12)16/h3-7,10,12,14,16-17H,8-9H2,1-2H3. The molecule has 94 valence electrons. The summed E-state index contributed by atoms with van der Waals surface area (Å²) < 4.78 is 6.33. The van der Waals surface area contributed by atoms with Crippen LogP contribution >= 0.6 is 0 Å². The van der Waals surface area contributed by atoms with Gasteiger partial charge in [0.2, 0.25) is 0 Å². The number of ether oxygens (including phenoxy) is 1. The lowest BCUT2D eigenvalue weighted by Gasteiger charge is -2.41. The second-order valence-electron chi connectivity index (χ2n) is 6.16. The van der Waals surface area contributed by atoms with E-state index in [0.717, 1.165) is 17.6 Å². The van der Waals surface area contributed by atoms with Gasteiger partial charge in [-0.3, -0.25) is 0 Å². The van der Waals surface area contributed by atoms with Crippen LogP contribution in [0.25, 0.3) is 0 Å². The Kier molecular flexibility index (Phi) is 2.15. The molecule has 0 N–H and O–H groups in total. The zero-order valence-electron chi connectivity index (χ0n) is 11.1. The summed E-state index contributed by atoms with van der Waals surface area (Å²) in [6.07, 6.45) is 5.46. The number of benzene rings is 1. The summed E-state index contributed by atoms with van der Waals surface area (Å²) in [6, 6.07) is 8.63. The van der Waals surface area contributed by atoms with Crippen molar-refractivity contribution in [3.05, 3.63) is 41.5 Å². The predicted molar refractivity (Wildman–Crippen MR) is 72.7 cm³/mol. The Bertz CT molecular complexity index is 516. The van der Waals surface area contributed by atoms with Crippen molar-refractivity contribution >= 4 is 0 Å². The summed E-state index contributed by atoms with van der Waals surface area (Å²) in [5.41, 5.74) is 3.11. The van der Waals surface area contributed by atoms with Crippen molar-refractivity contribution < 1.29 is 4.74 Å². The molecule has 3 aliphatic rings. The summed E-state index contributed by atoms with van der Waals surface area (Å²) in [6.45, 7) is 4.60. The average Bonchev–Trinajstić information content (AvgIpc) is 2.97. The highest BCUT2D eigenvalue weighted by molar-refractivity contribution is 5.41. The third-order valence-electron chi connectivity index (χ3n) is 5.46. The number of allylic oxidation sites excluding steroid dienone is 2. The van der Waals surface area contributed by atoms with Crippen molar-refractivity contribution in [2.45, 2.75) is 38.7 Å². The van der Waals surface area contributed by atoms with Gasteiger partial charge in [0.05, 0.1) is 0 Å². The molecule has 5 atom stereocenters. The maximum Gasteiger partial charge on any atom is 0.123 e. The van der Waals surface area contributed by atoms with Crippen LogP contribution in [-0.4, -0.2) is 6.10 Å². The van der Waals surface area contributed by atoms with Crippen molar-refractivity contribution in [1.82, 2.24) is 0 Å². The number of hydrogen-bond donors (Lipinski definition) is 0. The van der Waals surface area contributed by atoms with Crippen molar-refractivity contribution in [1.29, 1.82) is 0 Å². The lowest BCUT2D eigenvalue weighted by molar-refractivity contribution is 0.0648. The minimum Gasteiger partial charge on any atom is -0.490 e. The van der Waals surface area contributed by atoms with Gasteiger partial charge in [-0.25, -0.2) is 0 Å². The summed E-state index contributed by atoms with van der Waals surface area (Å²) in [5, 5.41) is 0. The van der Waals surface area contributed by atoms with Crippen LogP contribution in [-0.2, 0) is 0 Å². The first-order chi connectivity index (χ1) is 8.79. The molecule has 5 unspecified atom stereocenters. The minimum absolute atomic E-state index is 0.476. The molecule has 1 heterocycles. The van der Waals surface area contributed by atoms with Crippen molar-refractivity contribution in [3.63, 3.8) is 0 Å². The molecule has 0 aromatic heterocycles. The van der Waals surface area contributed by atoms with Crippen LogP contribution in [0.2, 0.25) is 0 Å². The molecule has 18 heavy (non-hydrogen) atoms. The second kappa shape index (κ2) is 3.63. The van der Waals surface area contributed by atoms with Gasteiger partial charge in [-0.15, -0.1) is 0 Å².